The summed E-state index contributed by atoms with van der Waals surface area (Å²) in [4.78, 5) is 17.8. The van der Waals surface area contributed by atoms with Gasteiger partial charge in [-0.25, -0.2) is 0 Å². The molecule has 1 amide bonds. The van der Waals surface area contributed by atoms with Crippen LogP contribution in [0, 0.1) is 0 Å². The summed E-state index contributed by atoms with van der Waals surface area (Å²) in [7, 11) is 0. The molecule has 1 aliphatic heterocycles. The number of amides is 1. The van der Waals surface area contributed by atoms with E-state index in [2.05, 4.69) is 44.8 Å². The first-order valence-electron chi connectivity index (χ1n) is 9.21. The molecule has 1 aromatic carbocycles. The molecule has 27 heavy (non-hydrogen) atoms. The van der Waals surface area contributed by atoms with Gasteiger partial charge in [0.05, 0.1) is 12.2 Å². The van der Waals surface area contributed by atoms with Crippen LogP contribution < -0.4 is 10.1 Å². The summed E-state index contributed by atoms with van der Waals surface area (Å²) in [5.74, 6) is 0.758. The van der Waals surface area contributed by atoms with Crippen molar-refractivity contribution in [3.05, 3.63) is 59.2 Å². The van der Waals surface area contributed by atoms with E-state index in [4.69, 9.17) is 4.74 Å². The Morgan fingerprint density at radius 1 is 1.37 bits per heavy atom. The van der Waals surface area contributed by atoms with Crippen molar-refractivity contribution in [2.75, 3.05) is 13.1 Å². The van der Waals surface area contributed by atoms with Gasteiger partial charge in [-0.1, -0.05) is 18.2 Å². The Morgan fingerprint density at radius 2 is 2.26 bits per heavy atom. The summed E-state index contributed by atoms with van der Waals surface area (Å²) in [6, 6.07) is 12.4. The number of thiophene rings is 1. The number of aromatic nitrogens is 1. The van der Waals surface area contributed by atoms with E-state index < -0.39 is 0 Å². The highest BCUT2D eigenvalue weighted by Crippen LogP contribution is 2.28. The maximum Gasteiger partial charge on any atom is 0.217 e. The number of rotatable bonds is 6. The van der Waals surface area contributed by atoms with Gasteiger partial charge in [-0.2, -0.15) is 0 Å². The predicted octanol–water partition coefficient (Wildman–Crippen LogP) is 3.59. The average molecular weight is 382 g/mol. The molecule has 1 unspecified atom stereocenters. The van der Waals surface area contributed by atoms with E-state index in [-0.39, 0.29) is 12.0 Å². The van der Waals surface area contributed by atoms with Gasteiger partial charge in [-0.15, -0.1) is 11.3 Å². The van der Waals surface area contributed by atoms with Crippen molar-refractivity contribution in [1.82, 2.24) is 15.2 Å². The van der Waals surface area contributed by atoms with Crippen LogP contribution in [0.1, 0.15) is 24.6 Å². The first-order valence-corrected chi connectivity index (χ1v) is 10.1. The minimum Gasteiger partial charge on any atom is -0.489 e. The molecule has 1 N–H and O–H groups in total. The van der Waals surface area contributed by atoms with E-state index in [1.165, 1.54) is 22.6 Å². The molecule has 1 atom stereocenters. The number of nitrogens with zero attached hydrogens (tertiary/aromatic N) is 2. The van der Waals surface area contributed by atoms with Gasteiger partial charge in [0.2, 0.25) is 5.91 Å². The summed E-state index contributed by atoms with van der Waals surface area (Å²) in [5.41, 5.74) is 2.21. The van der Waals surface area contributed by atoms with Crippen LogP contribution in [0.3, 0.4) is 0 Å². The highest BCUT2D eigenvalue weighted by molar-refractivity contribution is 7.17. The minimum atomic E-state index is -0.0597. The first kappa shape index (κ1) is 17.9. The number of benzene rings is 1. The molecule has 1 saturated heterocycles. The standard InChI is InChI=1S/C21H23N3O2S/c1-15(25)23-11-17-10-18(6-8-22-17)26-19-7-9-24(13-19)12-16-14-27-21-5-3-2-4-20(16)21/h2-6,8,10,14,19H,7,9,11-13H2,1H3,(H,23,25). The van der Waals surface area contributed by atoms with Crippen LogP contribution in [0.4, 0.5) is 0 Å². The third kappa shape index (κ3) is 4.46. The monoisotopic (exact) mass is 381 g/mol. The normalized spacial score (nSPS) is 17.3. The minimum absolute atomic E-state index is 0.0597. The molecule has 6 heteroatoms. The molecular weight excluding hydrogens is 358 g/mol. The highest BCUT2D eigenvalue weighted by Gasteiger charge is 2.24. The number of nitrogens with one attached hydrogen (secondary N) is 1. The molecule has 3 aromatic rings. The Hall–Kier alpha value is -2.44. The van der Waals surface area contributed by atoms with Crippen molar-refractivity contribution in [3.63, 3.8) is 0 Å². The van der Waals surface area contributed by atoms with Crippen LogP contribution >= 0.6 is 11.3 Å². The van der Waals surface area contributed by atoms with E-state index in [0.717, 1.165) is 37.5 Å². The van der Waals surface area contributed by atoms with E-state index in [9.17, 15) is 4.79 Å². The first-order chi connectivity index (χ1) is 13.2. The van der Waals surface area contributed by atoms with Crippen LogP contribution in [0.15, 0.2) is 48.0 Å². The van der Waals surface area contributed by atoms with Crippen molar-refractivity contribution >= 4 is 27.3 Å². The number of carbonyl (C=O) groups excluding carboxylic acids is 1. The lowest BCUT2D eigenvalue weighted by Gasteiger charge is -2.17. The number of likely N-dealkylation sites (tertiary alicyclic amines) is 1. The number of fused-ring (bicyclic) bond motifs is 1. The number of pyridine rings is 1. The molecule has 0 spiro atoms. The van der Waals surface area contributed by atoms with Crippen molar-refractivity contribution < 1.29 is 9.53 Å². The molecule has 3 heterocycles. The molecule has 0 saturated carbocycles. The van der Waals surface area contributed by atoms with Crippen LogP contribution in [0.25, 0.3) is 10.1 Å². The van der Waals surface area contributed by atoms with Gasteiger partial charge in [0.1, 0.15) is 11.9 Å². The maximum atomic E-state index is 11.1. The zero-order valence-corrected chi connectivity index (χ0v) is 16.2. The third-order valence-corrected chi connectivity index (χ3v) is 5.81. The Balaban J connectivity index is 1.34. The molecule has 0 radical (unpaired) electrons. The third-order valence-electron chi connectivity index (χ3n) is 4.79. The van der Waals surface area contributed by atoms with E-state index in [1.807, 2.05) is 23.5 Å². The number of ether oxygens (including phenoxy) is 1. The second-order valence-corrected chi connectivity index (χ2v) is 7.82. The van der Waals surface area contributed by atoms with Gasteiger partial charge >= 0.3 is 0 Å². The van der Waals surface area contributed by atoms with Crippen LogP contribution in [-0.2, 0) is 17.9 Å². The zero-order chi connectivity index (χ0) is 18.6. The summed E-state index contributed by atoms with van der Waals surface area (Å²) < 4.78 is 7.52. The molecule has 2 aromatic heterocycles. The lowest BCUT2D eigenvalue weighted by molar-refractivity contribution is -0.119. The fourth-order valence-corrected chi connectivity index (χ4v) is 4.42. The summed E-state index contributed by atoms with van der Waals surface area (Å²) >= 11 is 1.81. The van der Waals surface area contributed by atoms with E-state index in [1.54, 1.807) is 6.20 Å². The second kappa shape index (κ2) is 8.06. The summed E-state index contributed by atoms with van der Waals surface area (Å²) in [6.07, 6.45) is 2.94. The Bertz CT molecular complexity index is 940. The van der Waals surface area contributed by atoms with Gasteiger partial charge in [0, 0.05) is 43.5 Å². The van der Waals surface area contributed by atoms with Crippen LogP contribution in [-0.4, -0.2) is 35.0 Å². The molecule has 1 fully saturated rings. The second-order valence-electron chi connectivity index (χ2n) is 6.91. The topological polar surface area (TPSA) is 54.5 Å². The largest absolute Gasteiger partial charge is 0.489 e. The maximum absolute atomic E-state index is 11.1. The number of carbonyl (C=O) groups is 1. The quantitative estimate of drug-likeness (QED) is 0.709. The van der Waals surface area contributed by atoms with Crippen LogP contribution in [0.5, 0.6) is 5.75 Å². The Labute approximate surface area is 163 Å². The average Bonchev–Trinajstić information content (AvgIpc) is 3.28. The fourth-order valence-electron chi connectivity index (χ4n) is 3.47. The molecule has 5 nitrogen and oxygen atoms in total. The number of hydrogen-bond acceptors (Lipinski definition) is 5. The molecule has 140 valence electrons. The number of hydrogen-bond donors (Lipinski definition) is 1. The van der Waals surface area contributed by atoms with E-state index >= 15 is 0 Å². The molecule has 1 aliphatic rings. The van der Waals surface area contributed by atoms with Crippen molar-refractivity contribution in [1.29, 1.82) is 0 Å². The van der Waals surface area contributed by atoms with Crippen molar-refractivity contribution in [3.8, 4) is 5.75 Å². The van der Waals surface area contributed by atoms with Gasteiger partial charge in [0.15, 0.2) is 0 Å². The van der Waals surface area contributed by atoms with Crippen molar-refractivity contribution in [2.24, 2.45) is 0 Å². The summed E-state index contributed by atoms with van der Waals surface area (Å²) in [5, 5.41) is 6.40. The van der Waals surface area contributed by atoms with Gasteiger partial charge < -0.3 is 10.1 Å². The SMILES string of the molecule is CC(=O)NCc1cc(OC2CCN(Cc3csc4ccccc34)C2)ccn1. The summed E-state index contributed by atoms with van der Waals surface area (Å²) in [6.45, 7) is 4.86. The lowest BCUT2D eigenvalue weighted by Crippen LogP contribution is -2.24. The molecule has 0 bridgehead atoms. The van der Waals surface area contributed by atoms with Crippen molar-refractivity contribution in [2.45, 2.75) is 32.5 Å². The Kier molecular flexibility index (Phi) is 5.36. The smallest absolute Gasteiger partial charge is 0.217 e. The zero-order valence-electron chi connectivity index (χ0n) is 15.4. The van der Waals surface area contributed by atoms with E-state index in [0.29, 0.717) is 6.54 Å². The van der Waals surface area contributed by atoms with Gasteiger partial charge in [-0.3, -0.25) is 14.7 Å². The lowest BCUT2D eigenvalue weighted by atomic mass is 10.2. The predicted molar refractivity (Wildman–Crippen MR) is 108 cm³/mol. The fraction of sp³-hybridized carbons (Fsp3) is 0.333. The van der Waals surface area contributed by atoms with Gasteiger partial charge in [0.25, 0.3) is 0 Å². The van der Waals surface area contributed by atoms with Gasteiger partial charge in [-0.05, 0) is 34.9 Å². The van der Waals surface area contributed by atoms with Crippen LogP contribution in [0.2, 0.25) is 0 Å². The molecular formula is C21H23N3O2S. The highest BCUT2D eigenvalue weighted by atomic mass is 32.1. The molecule has 4 rings (SSSR count). The molecule has 0 aliphatic carbocycles. The Morgan fingerprint density at radius 3 is 3.15 bits per heavy atom.